The molecule has 2 saturated heterocycles. The number of hydrogen-bond donors (Lipinski definition) is 2. The third kappa shape index (κ3) is 16.8. The van der Waals surface area contributed by atoms with E-state index in [-0.39, 0.29) is 37.7 Å². The molecule has 0 unspecified atom stereocenters. The van der Waals surface area contributed by atoms with Gasteiger partial charge in [0.15, 0.2) is 49.2 Å². The highest BCUT2D eigenvalue weighted by molar-refractivity contribution is 5.96. The summed E-state index contributed by atoms with van der Waals surface area (Å²) in [6.45, 7) is 6.69. The predicted octanol–water partition coefficient (Wildman–Crippen LogP) is -1.26. The SMILES string of the molecule is CC(=O)OC[C@H]1O[C@H](OCCNC(=O)c2cccc(C(=O)NCCO[C@H]3O[C@H](COC(C)=O)[C@@H](OC(C)=O)[C@H](OC(C)=O)[C@H]3OC(C)=O)n2)[C@H](OC(C)=O)[C@@H](OC(C)=O)[C@@H]1OC(C)=O. The highest BCUT2D eigenvalue weighted by Gasteiger charge is 2.54. The van der Waals surface area contributed by atoms with Crippen molar-refractivity contribution in [3.05, 3.63) is 29.6 Å². The number of aromatic nitrogens is 1. The van der Waals surface area contributed by atoms with Gasteiger partial charge in [0.25, 0.3) is 11.8 Å². The van der Waals surface area contributed by atoms with E-state index in [1.807, 2.05) is 0 Å². The number of carbonyl (C=O) groups excluding carboxylic acids is 10. The smallest absolute Gasteiger partial charge is 0.303 e. The molecule has 3 rings (SSSR count). The quantitative estimate of drug-likeness (QED) is 0.0876. The second kappa shape index (κ2) is 25.1. The lowest BCUT2D eigenvalue weighted by molar-refractivity contribution is -0.307. The average molecular weight is 914 g/mol. The Bertz CT molecular complexity index is 1750. The summed E-state index contributed by atoms with van der Waals surface area (Å²) in [6, 6.07) is 4.03. The van der Waals surface area contributed by atoms with Crippen molar-refractivity contribution in [2.24, 2.45) is 0 Å². The van der Waals surface area contributed by atoms with E-state index in [9.17, 15) is 47.9 Å². The lowest BCUT2D eigenvalue weighted by Gasteiger charge is -2.44. The van der Waals surface area contributed by atoms with E-state index in [4.69, 9.17) is 56.8 Å². The second-order valence-corrected chi connectivity index (χ2v) is 13.8. The van der Waals surface area contributed by atoms with Gasteiger partial charge in [-0.15, -0.1) is 0 Å². The first kappa shape index (κ1) is 52.0. The van der Waals surface area contributed by atoms with E-state index in [1.165, 1.54) is 18.2 Å². The van der Waals surface area contributed by atoms with Gasteiger partial charge in [0.2, 0.25) is 0 Å². The van der Waals surface area contributed by atoms with E-state index < -0.39 is 134 Å². The van der Waals surface area contributed by atoms with Gasteiger partial charge in [0, 0.05) is 68.5 Å². The molecule has 1 aromatic rings. The fourth-order valence-corrected chi connectivity index (χ4v) is 6.19. The van der Waals surface area contributed by atoms with Gasteiger partial charge in [-0.25, -0.2) is 4.98 Å². The third-order valence-corrected chi connectivity index (χ3v) is 8.45. The average Bonchev–Trinajstić information content (AvgIpc) is 3.19. The van der Waals surface area contributed by atoms with Crippen LogP contribution in [0.2, 0.25) is 0 Å². The van der Waals surface area contributed by atoms with Gasteiger partial charge in [-0.3, -0.25) is 47.9 Å². The molecule has 3 heterocycles. The number of amides is 2. The highest BCUT2D eigenvalue weighted by Crippen LogP contribution is 2.31. The molecule has 10 atom stereocenters. The Hall–Kier alpha value is -6.31. The summed E-state index contributed by atoms with van der Waals surface area (Å²) in [5, 5.41) is 5.08. The van der Waals surface area contributed by atoms with Crippen molar-refractivity contribution in [2.45, 2.75) is 117 Å². The Balaban J connectivity index is 1.65. The molecule has 25 heteroatoms. The molecule has 0 aliphatic carbocycles. The number of nitrogens with one attached hydrogen (secondary N) is 2. The van der Waals surface area contributed by atoms with Gasteiger partial charge in [-0.05, 0) is 12.1 Å². The van der Waals surface area contributed by atoms with Crippen LogP contribution < -0.4 is 10.6 Å². The minimum absolute atomic E-state index is 0.186. The van der Waals surface area contributed by atoms with Crippen LogP contribution >= 0.6 is 0 Å². The molecule has 64 heavy (non-hydrogen) atoms. The Kier molecular flexibility index (Phi) is 20.4. The zero-order valence-electron chi connectivity index (χ0n) is 36.2. The topological polar surface area (TPSA) is 318 Å². The number of esters is 8. The van der Waals surface area contributed by atoms with Gasteiger partial charge in [0.05, 0.1) is 13.2 Å². The van der Waals surface area contributed by atoms with Gasteiger partial charge >= 0.3 is 47.8 Å². The van der Waals surface area contributed by atoms with Crippen LogP contribution in [0.15, 0.2) is 18.2 Å². The summed E-state index contributed by atoms with van der Waals surface area (Å²) < 4.78 is 65.4. The van der Waals surface area contributed by atoms with Crippen LogP contribution in [0, 0.1) is 0 Å². The fraction of sp³-hybridized carbons (Fsp3) is 0.615. The van der Waals surface area contributed by atoms with Crippen LogP contribution in [0.25, 0.3) is 0 Å². The maximum absolute atomic E-state index is 13.1. The van der Waals surface area contributed by atoms with Crippen LogP contribution in [-0.2, 0) is 95.2 Å². The first-order chi connectivity index (χ1) is 30.2. The standard InChI is InChI=1S/C39H51N3O22/c1-18(43)55-16-28-30(57-20(3)45)32(59-22(5)47)34(61-24(7)49)38(63-28)53-14-12-40-36(51)26-10-9-11-27(42-26)37(52)41-13-15-54-39-35(62-25(8)50)33(60-23(6)48)31(58-21(4)46)29(64-39)17-56-19(2)44/h9-11,28-35,38-39H,12-17H2,1-8H3,(H,40,51)(H,41,52)/t28-,29-,30-,31-,32+,33+,34-,35-,38+,39+/m1/s1. The van der Waals surface area contributed by atoms with Crippen molar-refractivity contribution >= 4 is 59.6 Å². The van der Waals surface area contributed by atoms with E-state index >= 15 is 0 Å². The number of carbonyl (C=O) groups is 10. The van der Waals surface area contributed by atoms with Gasteiger partial charge in [-0.2, -0.15) is 0 Å². The molecule has 0 aromatic carbocycles. The lowest BCUT2D eigenvalue weighted by atomic mass is 9.98. The van der Waals surface area contributed by atoms with Crippen LogP contribution in [0.4, 0.5) is 0 Å². The molecule has 0 radical (unpaired) electrons. The summed E-state index contributed by atoms with van der Waals surface area (Å²) in [4.78, 5) is 126. The largest absolute Gasteiger partial charge is 0.463 e. The molecule has 1 aromatic heterocycles. The molecule has 2 N–H and O–H groups in total. The highest BCUT2D eigenvalue weighted by atomic mass is 16.7. The van der Waals surface area contributed by atoms with Crippen molar-refractivity contribution in [3.8, 4) is 0 Å². The molecule has 0 spiro atoms. The zero-order chi connectivity index (χ0) is 47.7. The Labute approximate surface area is 365 Å². The molecule has 2 aliphatic rings. The summed E-state index contributed by atoms with van der Waals surface area (Å²) in [5.74, 6) is -7.86. The van der Waals surface area contributed by atoms with Crippen LogP contribution in [0.5, 0.6) is 0 Å². The van der Waals surface area contributed by atoms with E-state index in [1.54, 1.807) is 0 Å². The molecule has 2 amide bonds. The van der Waals surface area contributed by atoms with Gasteiger partial charge < -0.3 is 67.5 Å². The minimum atomic E-state index is -1.49. The zero-order valence-corrected chi connectivity index (χ0v) is 36.2. The van der Waals surface area contributed by atoms with Crippen LogP contribution in [0.3, 0.4) is 0 Å². The Morgan fingerprint density at radius 1 is 0.469 bits per heavy atom. The number of ether oxygens (including phenoxy) is 12. The maximum atomic E-state index is 13.1. The number of nitrogens with zero attached hydrogens (tertiary/aromatic N) is 1. The number of rotatable bonds is 20. The normalized spacial score (nSPS) is 24.9. The summed E-state index contributed by atoms with van der Waals surface area (Å²) in [6.07, 6.45) is -14.2. The van der Waals surface area contributed by atoms with E-state index in [0.717, 1.165) is 55.4 Å². The molecular weight excluding hydrogens is 862 g/mol. The Morgan fingerprint density at radius 2 is 0.781 bits per heavy atom. The van der Waals surface area contributed by atoms with Crippen molar-refractivity contribution in [3.63, 3.8) is 0 Å². The van der Waals surface area contributed by atoms with E-state index in [2.05, 4.69) is 15.6 Å². The predicted molar refractivity (Wildman–Crippen MR) is 205 cm³/mol. The number of hydrogen-bond acceptors (Lipinski definition) is 23. The van der Waals surface area contributed by atoms with Gasteiger partial charge in [0.1, 0.15) is 36.8 Å². The molecule has 0 bridgehead atoms. The maximum Gasteiger partial charge on any atom is 0.303 e. The molecule has 25 nitrogen and oxygen atoms in total. The first-order valence-corrected chi connectivity index (χ1v) is 19.5. The minimum Gasteiger partial charge on any atom is -0.463 e. The van der Waals surface area contributed by atoms with Crippen molar-refractivity contribution in [2.75, 3.05) is 39.5 Å². The molecular formula is C39H51N3O22. The molecule has 2 aliphatic heterocycles. The molecule has 354 valence electrons. The van der Waals surface area contributed by atoms with Crippen molar-refractivity contribution < 1.29 is 105 Å². The molecule has 2 fully saturated rings. The summed E-state index contributed by atoms with van der Waals surface area (Å²) >= 11 is 0. The van der Waals surface area contributed by atoms with Gasteiger partial charge in [-0.1, -0.05) is 6.07 Å². The van der Waals surface area contributed by atoms with Crippen molar-refractivity contribution in [1.82, 2.24) is 15.6 Å². The monoisotopic (exact) mass is 913 g/mol. The summed E-state index contributed by atoms with van der Waals surface area (Å²) in [7, 11) is 0. The first-order valence-electron chi connectivity index (χ1n) is 19.5. The van der Waals surface area contributed by atoms with Crippen molar-refractivity contribution in [1.29, 1.82) is 0 Å². The third-order valence-electron chi connectivity index (χ3n) is 8.45. The van der Waals surface area contributed by atoms with E-state index in [0.29, 0.717) is 0 Å². The fourth-order valence-electron chi connectivity index (χ4n) is 6.19. The van der Waals surface area contributed by atoms with Crippen LogP contribution in [0.1, 0.15) is 76.4 Å². The summed E-state index contributed by atoms with van der Waals surface area (Å²) in [5.41, 5.74) is -0.373. The second-order valence-electron chi connectivity index (χ2n) is 13.8. The molecule has 0 saturated carbocycles. The number of pyridine rings is 1. The lowest BCUT2D eigenvalue weighted by Crippen LogP contribution is -2.63. The van der Waals surface area contributed by atoms with Crippen LogP contribution in [-0.4, -0.2) is 165 Å². The Morgan fingerprint density at radius 3 is 1.09 bits per heavy atom.